The van der Waals surface area contributed by atoms with Crippen LogP contribution in [0.1, 0.15) is 31.2 Å². The summed E-state index contributed by atoms with van der Waals surface area (Å²) in [4.78, 5) is 25.9. The van der Waals surface area contributed by atoms with Crippen LogP contribution < -0.4 is 10.6 Å². The summed E-state index contributed by atoms with van der Waals surface area (Å²) in [6.07, 6.45) is 3.66. The Morgan fingerprint density at radius 1 is 1.27 bits per heavy atom. The van der Waals surface area contributed by atoms with E-state index in [1.54, 1.807) is 4.90 Å². The molecule has 1 aromatic carbocycles. The number of urea groups is 1. The number of nitrogens with one attached hydrogen (secondary N) is 2. The number of rotatable bonds is 4. The molecule has 118 valence electrons. The molecule has 5 heteroatoms. The van der Waals surface area contributed by atoms with Crippen molar-refractivity contribution in [3.63, 3.8) is 0 Å². The number of anilines is 1. The average molecular weight is 301 g/mol. The maximum atomic E-state index is 12.3. The van der Waals surface area contributed by atoms with Gasteiger partial charge in [0.25, 0.3) is 0 Å². The first kappa shape index (κ1) is 14.9. The average Bonchev–Trinajstić information content (AvgIpc) is 3.14. The second kappa shape index (κ2) is 6.38. The molecule has 0 radical (unpaired) electrons. The smallest absolute Gasteiger partial charge is 0.321 e. The second-order valence-corrected chi connectivity index (χ2v) is 6.45. The van der Waals surface area contributed by atoms with Crippen molar-refractivity contribution in [1.29, 1.82) is 0 Å². The lowest BCUT2D eigenvalue weighted by atomic mass is 10.0. The van der Waals surface area contributed by atoms with Gasteiger partial charge in [0.2, 0.25) is 5.91 Å². The molecule has 2 aliphatic rings. The topological polar surface area (TPSA) is 61.4 Å². The number of benzene rings is 1. The molecule has 22 heavy (non-hydrogen) atoms. The molecule has 3 amide bonds. The van der Waals surface area contributed by atoms with Gasteiger partial charge in [-0.1, -0.05) is 12.1 Å². The van der Waals surface area contributed by atoms with E-state index in [0.717, 1.165) is 37.1 Å². The minimum atomic E-state index is -0.0734. The van der Waals surface area contributed by atoms with Crippen molar-refractivity contribution >= 4 is 17.6 Å². The van der Waals surface area contributed by atoms with Gasteiger partial charge < -0.3 is 15.5 Å². The Hall–Kier alpha value is -2.04. The van der Waals surface area contributed by atoms with Crippen LogP contribution in [0.2, 0.25) is 0 Å². The molecule has 1 saturated heterocycles. The molecular weight excluding hydrogens is 278 g/mol. The minimum absolute atomic E-state index is 0.0734. The Bertz CT molecular complexity index is 569. The minimum Gasteiger partial charge on any atom is -0.353 e. The molecule has 5 nitrogen and oxygen atoms in total. The second-order valence-electron chi connectivity index (χ2n) is 6.45. The largest absolute Gasteiger partial charge is 0.353 e. The lowest BCUT2D eigenvalue weighted by molar-refractivity contribution is -0.122. The Labute approximate surface area is 131 Å². The van der Waals surface area contributed by atoms with Crippen LogP contribution in [0.15, 0.2) is 24.3 Å². The molecule has 1 heterocycles. The number of carbonyl (C=O) groups excluding carboxylic acids is 2. The monoisotopic (exact) mass is 301 g/mol. The Balaban J connectivity index is 1.46. The Morgan fingerprint density at radius 2 is 2.09 bits per heavy atom. The summed E-state index contributed by atoms with van der Waals surface area (Å²) >= 11 is 0. The van der Waals surface area contributed by atoms with Crippen LogP contribution in [0.4, 0.5) is 10.5 Å². The molecule has 2 N–H and O–H groups in total. The predicted molar refractivity (Wildman–Crippen MR) is 85.7 cm³/mol. The third-order valence-corrected chi connectivity index (χ3v) is 4.26. The van der Waals surface area contributed by atoms with Gasteiger partial charge >= 0.3 is 6.03 Å². The quantitative estimate of drug-likeness (QED) is 0.897. The number of hydrogen-bond acceptors (Lipinski definition) is 2. The zero-order chi connectivity index (χ0) is 15.5. The van der Waals surface area contributed by atoms with Gasteiger partial charge in [-0.05, 0) is 49.8 Å². The molecule has 1 aliphatic heterocycles. The number of carbonyl (C=O) groups is 2. The molecular formula is C17H23N3O2. The van der Waals surface area contributed by atoms with E-state index < -0.39 is 0 Å². The van der Waals surface area contributed by atoms with Crippen LogP contribution in [0.25, 0.3) is 0 Å². The summed E-state index contributed by atoms with van der Waals surface area (Å²) in [7, 11) is 0. The third kappa shape index (κ3) is 4.00. The molecule has 3 rings (SSSR count). The van der Waals surface area contributed by atoms with Crippen LogP contribution in [-0.2, 0) is 4.79 Å². The first-order valence-electron chi connectivity index (χ1n) is 8.02. The normalized spacial score (nSPS) is 20.8. The fourth-order valence-electron chi connectivity index (χ4n) is 2.89. The summed E-state index contributed by atoms with van der Waals surface area (Å²) in [6, 6.07) is 8.11. The number of hydrogen-bond donors (Lipinski definition) is 2. The van der Waals surface area contributed by atoms with Crippen molar-refractivity contribution in [2.45, 2.75) is 38.6 Å². The first-order chi connectivity index (χ1) is 10.6. The van der Waals surface area contributed by atoms with Gasteiger partial charge in [0.05, 0.1) is 0 Å². The number of likely N-dealkylation sites (tertiary alicyclic amines) is 1. The summed E-state index contributed by atoms with van der Waals surface area (Å²) in [5.74, 6) is 0.412. The molecule has 1 atom stereocenters. The van der Waals surface area contributed by atoms with Gasteiger partial charge in [-0.3, -0.25) is 4.79 Å². The standard InChI is InChI=1S/C17H23N3O2/c1-12-3-2-4-15(9-12)19-17(22)20-8-7-13(11-20)10-16(21)18-14-5-6-14/h2-4,9,13-14H,5-8,10-11H2,1H3,(H,18,21)(H,19,22). The first-order valence-corrected chi connectivity index (χ1v) is 8.02. The van der Waals surface area contributed by atoms with Gasteiger partial charge in [-0.25, -0.2) is 4.79 Å². The van der Waals surface area contributed by atoms with Gasteiger partial charge in [0.1, 0.15) is 0 Å². The maximum Gasteiger partial charge on any atom is 0.321 e. The van der Waals surface area contributed by atoms with Crippen molar-refractivity contribution in [2.24, 2.45) is 5.92 Å². The highest BCUT2D eigenvalue weighted by atomic mass is 16.2. The van der Waals surface area contributed by atoms with E-state index in [0.29, 0.717) is 19.0 Å². The molecule has 0 aromatic heterocycles. The fraction of sp³-hybridized carbons (Fsp3) is 0.529. The number of nitrogens with zero attached hydrogens (tertiary/aromatic N) is 1. The van der Waals surface area contributed by atoms with E-state index >= 15 is 0 Å². The van der Waals surface area contributed by atoms with E-state index in [1.807, 2.05) is 31.2 Å². The van der Waals surface area contributed by atoms with E-state index in [4.69, 9.17) is 0 Å². The zero-order valence-corrected chi connectivity index (χ0v) is 13.0. The van der Waals surface area contributed by atoms with Crippen molar-refractivity contribution in [2.75, 3.05) is 18.4 Å². The predicted octanol–water partition coefficient (Wildman–Crippen LogP) is 2.52. The highest BCUT2D eigenvalue weighted by Gasteiger charge is 2.29. The van der Waals surface area contributed by atoms with Crippen molar-refractivity contribution < 1.29 is 9.59 Å². The molecule has 1 saturated carbocycles. The summed E-state index contributed by atoms with van der Waals surface area (Å²) in [6.45, 7) is 3.38. The van der Waals surface area contributed by atoms with Crippen LogP contribution in [-0.4, -0.2) is 36.0 Å². The van der Waals surface area contributed by atoms with Gasteiger partial charge in [-0.15, -0.1) is 0 Å². The van der Waals surface area contributed by atoms with E-state index in [1.165, 1.54) is 0 Å². The summed E-state index contributed by atoms with van der Waals surface area (Å²) < 4.78 is 0. The molecule has 0 spiro atoms. The van der Waals surface area contributed by atoms with Crippen molar-refractivity contribution in [3.05, 3.63) is 29.8 Å². The lowest BCUT2D eigenvalue weighted by Crippen LogP contribution is -2.34. The Morgan fingerprint density at radius 3 is 2.82 bits per heavy atom. The van der Waals surface area contributed by atoms with Crippen molar-refractivity contribution in [1.82, 2.24) is 10.2 Å². The van der Waals surface area contributed by atoms with E-state index in [9.17, 15) is 9.59 Å². The fourth-order valence-corrected chi connectivity index (χ4v) is 2.89. The molecule has 1 unspecified atom stereocenters. The van der Waals surface area contributed by atoms with Crippen LogP contribution in [0.3, 0.4) is 0 Å². The lowest BCUT2D eigenvalue weighted by Gasteiger charge is -2.17. The summed E-state index contributed by atoms with van der Waals surface area (Å²) in [5.41, 5.74) is 1.94. The van der Waals surface area contributed by atoms with E-state index in [2.05, 4.69) is 10.6 Å². The Kier molecular flexibility index (Phi) is 4.32. The van der Waals surface area contributed by atoms with Crippen LogP contribution >= 0.6 is 0 Å². The molecule has 1 aromatic rings. The highest BCUT2D eigenvalue weighted by molar-refractivity contribution is 5.89. The molecule has 2 fully saturated rings. The summed E-state index contributed by atoms with van der Waals surface area (Å²) in [5, 5.41) is 5.94. The van der Waals surface area contributed by atoms with Crippen LogP contribution in [0, 0.1) is 12.8 Å². The van der Waals surface area contributed by atoms with Gasteiger partial charge in [0, 0.05) is 31.2 Å². The zero-order valence-electron chi connectivity index (χ0n) is 13.0. The number of amides is 3. The third-order valence-electron chi connectivity index (χ3n) is 4.26. The van der Waals surface area contributed by atoms with Gasteiger partial charge in [0.15, 0.2) is 0 Å². The highest BCUT2D eigenvalue weighted by Crippen LogP contribution is 2.23. The SMILES string of the molecule is Cc1cccc(NC(=O)N2CCC(CC(=O)NC3CC3)C2)c1. The number of aryl methyl sites for hydroxylation is 1. The van der Waals surface area contributed by atoms with E-state index in [-0.39, 0.29) is 17.9 Å². The maximum absolute atomic E-state index is 12.3. The van der Waals surface area contributed by atoms with Crippen LogP contribution in [0.5, 0.6) is 0 Å². The molecule has 1 aliphatic carbocycles. The van der Waals surface area contributed by atoms with Crippen molar-refractivity contribution in [3.8, 4) is 0 Å². The van der Waals surface area contributed by atoms with Gasteiger partial charge in [-0.2, -0.15) is 0 Å². The molecule has 0 bridgehead atoms.